The van der Waals surface area contributed by atoms with Crippen molar-refractivity contribution >= 4 is 39.9 Å². The number of fused-ring (bicyclic) bond motifs is 1. The molecule has 2 heterocycles. The molecule has 7 heteroatoms. The molecular weight excluding hydrogens is 310 g/mol. The molecule has 2 rings (SSSR count). The van der Waals surface area contributed by atoms with Crippen LogP contribution in [-0.4, -0.2) is 45.0 Å². The zero-order valence-corrected chi connectivity index (χ0v) is 13.4. The monoisotopic (exact) mass is 327 g/mol. The van der Waals surface area contributed by atoms with Crippen molar-refractivity contribution in [3.05, 3.63) is 28.5 Å². The molecular formula is C14H18ClN3O2S. The molecule has 0 aromatic carbocycles. The third-order valence-electron chi connectivity index (χ3n) is 3.10. The Hall–Kier alpha value is -1.37. The summed E-state index contributed by atoms with van der Waals surface area (Å²) in [5.41, 5.74) is 0.695. The van der Waals surface area contributed by atoms with Crippen LogP contribution >= 0.6 is 22.9 Å². The summed E-state index contributed by atoms with van der Waals surface area (Å²) >= 11 is 7.56. The number of aromatic nitrogens is 2. The molecule has 0 saturated heterocycles. The summed E-state index contributed by atoms with van der Waals surface area (Å²) in [5, 5.41) is 11.3. The Morgan fingerprint density at radius 1 is 1.57 bits per heavy atom. The highest BCUT2D eigenvalue weighted by Crippen LogP contribution is 2.22. The first-order chi connectivity index (χ1) is 10.2. The van der Waals surface area contributed by atoms with Crippen LogP contribution < -0.4 is 0 Å². The lowest BCUT2D eigenvalue weighted by atomic mass is 10.3. The van der Waals surface area contributed by atoms with Gasteiger partial charge in [-0.3, -0.25) is 9.20 Å². The van der Waals surface area contributed by atoms with Crippen molar-refractivity contribution < 1.29 is 9.90 Å². The Morgan fingerprint density at radius 3 is 3.10 bits per heavy atom. The minimum Gasteiger partial charge on any atom is -0.395 e. The summed E-state index contributed by atoms with van der Waals surface area (Å²) in [6.07, 6.45) is 6.95. The molecule has 1 amide bonds. The van der Waals surface area contributed by atoms with Gasteiger partial charge in [-0.25, -0.2) is 4.98 Å². The number of hydrogen-bond donors (Lipinski definition) is 1. The number of halogens is 1. The highest BCUT2D eigenvalue weighted by Gasteiger charge is 2.12. The van der Waals surface area contributed by atoms with Crippen LogP contribution in [0.5, 0.6) is 0 Å². The average Bonchev–Trinajstić information content (AvgIpc) is 3.01. The molecule has 0 saturated carbocycles. The van der Waals surface area contributed by atoms with E-state index in [9.17, 15) is 4.79 Å². The molecule has 5 nitrogen and oxygen atoms in total. The minimum atomic E-state index is -0.126. The lowest BCUT2D eigenvalue weighted by Crippen LogP contribution is -2.33. The third-order valence-corrected chi connectivity index (χ3v) is 4.14. The number of rotatable bonds is 7. The molecule has 0 atom stereocenters. The summed E-state index contributed by atoms with van der Waals surface area (Å²) < 4.78 is 1.85. The van der Waals surface area contributed by atoms with E-state index in [2.05, 4.69) is 11.9 Å². The Balaban J connectivity index is 2.12. The first-order valence-corrected chi connectivity index (χ1v) is 8.12. The molecule has 114 valence electrons. The molecule has 0 aliphatic heterocycles. The zero-order chi connectivity index (χ0) is 15.2. The van der Waals surface area contributed by atoms with Crippen LogP contribution in [0.25, 0.3) is 11.0 Å². The number of thiazole rings is 1. The van der Waals surface area contributed by atoms with Gasteiger partial charge in [-0.05, 0) is 12.5 Å². The second-order valence-electron chi connectivity index (χ2n) is 4.58. The van der Waals surface area contributed by atoms with E-state index in [1.165, 1.54) is 17.4 Å². The second-order valence-corrected chi connectivity index (χ2v) is 5.81. The van der Waals surface area contributed by atoms with Gasteiger partial charge in [-0.1, -0.05) is 24.9 Å². The number of hydrogen-bond acceptors (Lipinski definition) is 4. The van der Waals surface area contributed by atoms with Crippen molar-refractivity contribution in [2.45, 2.75) is 19.8 Å². The lowest BCUT2D eigenvalue weighted by molar-refractivity contribution is -0.126. The van der Waals surface area contributed by atoms with E-state index in [0.717, 1.165) is 17.8 Å². The maximum atomic E-state index is 12.2. The zero-order valence-electron chi connectivity index (χ0n) is 11.8. The van der Waals surface area contributed by atoms with Gasteiger partial charge in [0.1, 0.15) is 0 Å². The SMILES string of the molecule is CCCCN(CCO)C(=O)/C=C/c1c(Cl)nc2sccn12. The van der Waals surface area contributed by atoms with E-state index in [1.807, 2.05) is 16.0 Å². The molecule has 0 unspecified atom stereocenters. The van der Waals surface area contributed by atoms with Crippen LogP contribution in [0.3, 0.4) is 0 Å². The van der Waals surface area contributed by atoms with E-state index in [-0.39, 0.29) is 12.5 Å². The van der Waals surface area contributed by atoms with Crippen LogP contribution in [0.4, 0.5) is 0 Å². The van der Waals surface area contributed by atoms with Crippen molar-refractivity contribution in [3.8, 4) is 0 Å². The summed E-state index contributed by atoms with van der Waals surface area (Å²) in [6, 6.07) is 0. The number of unbranched alkanes of at least 4 members (excludes halogenated alkanes) is 1. The highest BCUT2D eigenvalue weighted by molar-refractivity contribution is 7.15. The standard InChI is InChI=1S/C14H18ClN3O2S/c1-2-3-6-17(7-9-19)12(20)5-4-11-13(15)16-14-18(11)8-10-21-14/h4-5,8,10,19H,2-3,6-7,9H2,1H3/b5-4+. The quantitative estimate of drug-likeness (QED) is 0.795. The number of nitrogens with zero attached hydrogens (tertiary/aromatic N) is 3. The van der Waals surface area contributed by atoms with E-state index < -0.39 is 0 Å². The Morgan fingerprint density at radius 2 is 2.38 bits per heavy atom. The molecule has 0 aliphatic rings. The van der Waals surface area contributed by atoms with Crippen molar-refractivity contribution in [1.82, 2.24) is 14.3 Å². The van der Waals surface area contributed by atoms with E-state index in [4.69, 9.17) is 16.7 Å². The van der Waals surface area contributed by atoms with Crippen LogP contribution in [0, 0.1) is 0 Å². The molecule has 0 spiro atoms. The molecule has 21 heavy (non-hydrogen) atoms. The largest absolute Gasteiger partial charge is 0.395 e. The topological polar surface area (TPSA) is 57.8 Å². The van der Waals surface area contributed by atoms with Crippen molar-refractivity contribution in [2.24, 2.45) is 0 Å². The lowest BCUT2D eigenvalue weighted by Gasteiger charge is -2.19. The summed E-state index contributed by atoms with van der Waals surface area (Å²) in [4.78, 5) is 18.8. The molecule has 0 radical (unpaired) electrons. The van der Waals surface area contributed by atoms with Crippen molar-refractivity contribution in [2.75, 3.05) is 19.7 Å². The maximum Gasteiger partial charge on any atom is 0.246 e. The van der Waals surface area contributed by atoms with Gasteiger partial charge >= 0.3 is 0 Å². The number of aliphatic hydroxyl groups is 1. The first-order valence-electron chi connectivity index (χ1n) is 6.86. The van der Waals surface area contributed by atoms with Gasteiger partial charge in [0.2, 0.25) is 5.91 Å². The van der Waals surface area contributed by atoms with E-state index >= 15 is 0 Å². The van der Waals surface area contributed by atoms with Crippen molar-refractivity contribution in [1.29, 1.82) is 0 Å². The fraction of sp³-hybridized carbons (Fsp3) is 0.429. The van der Waals surface area contributed by atoms with Gasteiger partial charge in [-0.15, -0.1) is 11.3 Å². The third kappa shape index (κ3) is 3.84. The molecule has 0 bridgehead atoms. The summed E-state index contributed by atoms with van der Waals surface area (Å²) in [7, 11) is 0. The fourth-order valence-electron chi connectivity index (χ4n) is 1.98. The molecule has 2 aromatic heterocycles. The Kier molecular flexibility index (Phi) is 5.78. The highest BCUT2D eigenvalue weighted by atomic mass is 35.5. The van der Waals surface area contributed by atoms with Crippen LogP contribution in [0.15, 0.2) is 17.7 Å². The van der Waals surface area contributed by atoms with E-state index in [1.54, 1.807) is 11.0 Å². The number of aliphatic hydroxyl groups excluding tert-OH is 1. The van der Waals surface area contributed by atoms with Gasteiger partial charge < -0.3 is 10.0 Å². The molecule has 2 aromatic rings. The van der Waals surface area contributed by atoms with E-state index in [0.29, 0.717) is 23.9 Å². The predicted octanol–water partition coefficient (Wildman–Crippen LogP) is 2.68. The van der Waals surface area contributed by atoms with Crippen LogP contribution in [0.1, 0.15) is 25.5 Å². The molecule has 1 N–H and O–H groups in total. The van der Waals surface area contributed by atoms with Crippen molar-refractivity contribution in [3.63, 3.8) is 0 Å². The maximum absolute atomic E-state index is 12.2. The van der Waals surface area contributed by atoms with Gasteiger partial charge in [-0.2, -0.15) is 0 Å². The van der Waals surface area contributed by atoms with Gasteiger partial charge in [0, 0.05) is 30.7 Å². The normalized spacial score (nSPS) is 11.6. The Bertz CT molecular complexity index is 635. The minimum absolute atomic E-state index is 0.0362. The average molecular weight is 328 g/mol. The smallest absolute Gasteiger partial charge is 0.246 e. The second kappa shape index (κ2) is 7.59. The number of amides is 1. The van der Waals surface area contributed by atoms with Gasteiger partial charge in [0.05, 0.1) is 12.3 Å². The predicted molar refractivity (Wildman–Crippen MR) is 85.7 cm³/mol. The molecule has 0 aliphatic carbocycles. The molecule has 0 fully saturated rings. The first kappa shape index (κ1) is 16.0. The van der Waals surface area contributed by atoms with Crippen LogP contribution in [0.2, 0.25) is 5.15 Å². The number of imidazole rings is 1. The Labute approximate surface area is 132 Å². The van der Waals surface area contributed by atoms with Gasteiger partial charge in [0.25, 0.3) is 0 Å². The summed E-state index contributed by atoms with van der Waals surface area (Å²) in [5.74, 6) is -0.126. The summed E-state index contributed by atoms with van der Waals surface area (Å²) in [6.45, 7) is 3.02. The fourth-order valence-corrected chi connectivity index (χ4v) is 2.99. The van der Waals surface area contributed by atoms with Crippen LogP contribution in [-0.2, 0) is 4.79 Å². The number of carbonyl (C=O) groups excluding carboxylic acids is 1. The number of carbonyl (C=O) groups is 1. The van der Waals surface area contributed by atoms with Gasteiger partial charge in [0.15, 0.2) is 10.1 Å².